The topological polar surface area (TPSA) is 67.6 Å². The summed E-state index contributed by atoms with van der Waals surface area (Å²) in [5.41, 5.74) is 0. The van der Waals surface area contributed by atoms with Crippen molar-refractivity contribution in [2.75, 3.05) is 11.4 Å². The van der Waals surface area contributed by atoms with E-state index in [4.69, 9.17) is 4.42 Å². The van der Waals surface area contributed by atoms with Crippen LogP contribution in [0.4, 0.5) is 14.6 Å². The fourth-order valence-electron chi connectivity index (χ4n) is 2.73. The number of nitrogens with zero attached hydrogens (tertiary/aromatic N) is 2. The number of amides is 1. The number of nitrogens with one attached hydrogen (secondary N) is 1. The zero-order valence-electron chi connectivity index (χ0n) is 12.8. The van der Waals surface area contributed by atoms with Gasteiger partial charge in [-0.25, -0.2) is 4.98 Å². The fourth-order valence-corrected chi connectivity index (χ4v) is 2.73. The highest BCUT2D eigenvalue weighted by Crippen LogP contribution is 2.25. The van der Waals surface area contributed by atoms with Gasteiger partial charge in [0.1, 0.15) is 23.4 Å². The van der Waals surface area contributed by atoms with Crippen LogP contribution in [0.3, 0.4) is 0 Å². The van der Waals surface area contributed by atoms with Gasteiger partial charge in [-0.1, -0.05) is 0 Å². The first kappa shape index (κ1) is 16.2. The number of carbonyl (C=O) groups excluding carboxylic acids is 1. The lowest BCUT2D eigenvalue weighted by molar-refractivity contribution is -0.122. The number of rotatable bonds is 6. The highest BCUT2D eigenvalue weighted by Gasteiger charge is 2.31. The summed E-state index contributed by atoms with van der Waals surface area (Å²) < 4.78 is 33.8. The molecule has 0 saturated carbocycles. The molecular formula is C16H17F2N3O3. The number of carbonyl (C=O) groups is 1. The number of ether oxygens (including phenoxy) is 1. The van der Waals surface area contributed by atoms with E-state index in [0.29, 0.717) is 31.1 Å². The minimum atomic E-state index is -2.88. The lowest BCUT2D eigenvalue weighted by Gasteiger charge is -2.24. The van der Waals surface area contributed by atoms with Gasteiger partial charge in [0.2, 0.25) is 5.91 Å². The van der Waals surface area contributed by atoms with E-state index >= 15 is 0 Å². The van der Waals surface area contributed by atoms with Crippen LogP contribution >= 0.6 is 0 Å². The van der Waals surface area contributed by atoms with Gasteiger partial charge in [0.25, 0.3) is 0 Å². The first-order valence-electron chi connectivity index (χ1n) is 7.61. The second-order valence-electron chi connectivity index (χ2n) is 5.38. The van der Waals surface area contributed by atoms with Crippen LogP contribution in [0.2, 0.25) is 0 Å². The van der Waals surface area contributed by atoms with Crippen molar-refractivity contribution in [2.24, 2.45) is 0 Å². The molecule has 0 spiro atoms. The summed E-state index contributed by atoms with van der Waals surface area (Å²) in [6.07, 6.45) is 4.35. The van der Waals surface area contributed by atoms with E-state index in [0.717, 1.165) is 6.42 Å². The molecule has 128 valence electrons. The smallest absolute Gasteiger partial charge is 0.387 e. The molecule has 0 bridgehead atoms. The Morgan fingerprint density at radius 1 is 1.46 bits per heavy atom. The average Bonchev–Trinajstić information content (AvgIpc) is 3.24. The molecule has 3 rings (SSSR count). The predicted molar refractivity (Wildman–Crippen MR) is 81.8 cm³/mol. The normalized spacial score (nSPS) is 17.3. The summed E-state index contributed by atoms with van der Waals surface area (Å²) in [5.74, 6) is 1.12. The molecule has 6 nitrogen and oxygen atoms in total. The Morgan fingerprint density at radius 2 is 2.33 bits per heavy atom. The lowest BCUT2D eigenvalue weighted by Crippen LogP contribution is -2.43. The molecule has 0 unspecified atom stereocenters. The van der Waals surface area contributed by atoms with Gasteiger partial charge in [-0.2, -0.15) is 8.78 Å². The van der Waals surface area contributed by atoms with Crippen LogP contribution in [-0.4, -0.2) is 30.1 Å². The second kappa shape index (κ2) is 7.29. The highest BCUT2D eigenvalue weighted by atomic mass is 19.3. The van der Waals surface area contributed by atoms with E-state index in [9.17, 15) is 13.6 Å². The summed E-state index contributed by atoms with van der Waals surface area (Å²) in [4.78, 5) is 18.4. The number of hydrogen-bond acceptors (Lipinski definition) is 5. The van der Waals surface area contributed by atoms with Crippen molar-refractivity contribution in [3.63, 3.8) is 0 Å². The quantitative estimate of drug-likeness (QED) is 0.877. The van der Waals surface area contributed by atoms with E-state index in [-0.39, 0.29) is 17.7 Å². The molecule has 1 saturated heterocycles. The van der Waals surface area contributed by atoms with Gasteiger partial charge in [0.05, 0.1) is 19.0 Å². The minimum Gasteiger partial charge on any atom is -0.467 e. The molecule has 0 aliphatic carbocycles. The summed E-state index contributed by atoms with van der Waals surface area (Å²) in [6.45, 7) is -1.88. The van der Waals surface area contributed by atoms with Crippen molar-refractivity contribution < 1.29 is 22.7 Å². The van der Waals surface area contributed by atoms with Gasteiger partial charge in [0.15, 0.2) is 0 Å². The van der Waals surface area contributed by atoms with Crippen molar-refractivity contribution in [1.29, 1.82) is 0 Å². The molecule has 3 heterocycles. The summed E-state index contributed by atoms with van der Waals surface area (Å²) >= 11 is 0. The number of furan rings is 1. The monoisotopic (exact) mass is 337 g/mol. The third-order valence-corrected chi connectivity index (χ3v) is 3.81. The number of pyridine rings is 1. The SMILES string of the molecule is O=C(NCc1ccco1)[C@@H]1CCCN1c1ccc(OC(F)F)cn1. The van der Waals surface area contributed by atoms with Crippen LogP contribution < -0.4 is 15.0 Å². The molecule has 1 amide bonds. The van der Waals surface area contributed by atoms with Crippen LogP contribution in [-0.2, 0) is 11.3 Å². The minimum absolute atomic E-state index is 0.00762. The van der Waals surface area contributed by atoms with Gasteiger partial charge >= 0.3 is 6.61 Å². The van der Waals surface area contributed by atoms with Crippen LogP contribution in [0, 0.1) is 0 Å². The Hall–Kier alpha value is -2.64. The summed E-state index contributed by atoms with van der Waals surface area (Å²) in [6, 6.07) is 6.21. The second-order valence-corrected chi connectivity index (χ2v) is 5.38. The standard InChI is InChI=1S/C16H17F2N3O3/c17-16(18)24-12-5-6-14(19-10-12)21-7-1-4-13(21)15(22)20-9-11-3-2-8-23-11/h2-3,5-6,8,10,13,16H,1,4,7,9H2,(H,20,22)/t13-/m0/s1. The van der Waals surface area contributed by atoms with Gasteiger partial charge in [0, 0.05) is 6.54 Å². The van der Waals surface area contributed by atoms with E-state index < -0.39 is 6.61 Å². The predicted octanol–water partition coefficient (Wildman–Crippen LogP) is 2.56. The maximum Gasteiger partial charge on any atom is 0.387 e. The van der Waals surface area contributed by atoms with Gasteiger partial charge in [-0.3, -0.25) is 4.79 Å². The maximum absolute atomic E-state index is 12.4. The molecule has 0 radical (unpaired) electrons. The number of hydrogen-bond donors (Lipinski definition) is 1. The Labute approximate surface area is 137 Å². The number of alkyl halides is 2. The van der Waals surface area contributed by atoms with Gasteiger partial charge < -0.3 is 19.4 Å². The van der Waals surface area contributed by atoms with Crippen molar-refractivity contribution in [3.05, 3.63) is 42.5 Å². The van der Waals surface area contributed by atoms with Crippen LogP contribution in [0.25, 0.3) is 0 Å². The highest BCUT2D eigenvalue weighted by molar-refractivity contribution is 5.85. The van der Waals surface area contributed by atoms with E-state index in [1.54, 1.807) is 24.5 Å². The molecule has 8 heteroatoms. The van der Waals surface area contributed by atoms with E-state index in [1.807, 2.05) is 4.90 Å². The summed E-state index contributed by atoms with van der Waals surface area (Å²) in [7, 11) is 0. The van der Waals surface area contributed by atoms with Gasteiger partial charge in [-0.15, -0.1) is 0 Å². The van der Waals surface area contributed by atoms with E-state index in [1.165, 1.54) is 12.3 Å². The number of halogens is 2. The third-order valence-electron chi connectivity index (χ3n) is 3.81. The number of anilines is 1. The Kier molecular flexibility index (Phi) is 4.93. The zero-order chi connectivity index (χ0) is 16.9. The molecule has 1 aliphatic heterocycles. The number of aromatic nitrogens is 1. The molecule has 1 fully saturated rings. The molecule has 2 aromatic heterocycles. The Morgan fingerprint density at radius 3 is 3.00 bits per heavy atom. The average molecular weight is 337 g/mol. The first-order chi connectivity index (χ1) is 11.6. The van der Waals surface area contributed by atoms with Crippen LogP contribution in [0.5, 0.6) is 5.75 Å². The molecule has 1 N–H and O–H groups in total. The third kappa shape index (κ3) is 3.81. The first-order valence-corrected chi connectivity index (χ1v) is 7.61. The molecule has 1 aliphatic rings. The Balaban J connectivity index is 1.62. The fraction of sp³-hybridized carbons (Fsp3) is 0.375. The van der Waals surface area contributed by atoms with Crippen molar-refractivity contribution in [2.45, 2.75) is 32.0 Å². The molecule has 0 aromatic carbocycles. The molecule has 2 aromatic rings. The zero-order valence-corrected chi connectivity index (χ0v) is 12.8. The largest absolute Gasteiger partial charge is 0.467 e. The summed E-state index contributed by atoms with van der Waals surface area (Å²) in [5, 5.41) is 2.84. The maximum atomic E-state index is 12.4. The van der Waals surface area contributed by atoms with Crippen molar-refractivity contribution >= 4 is 11.7 Å². The van der Waals surface area contributed by atoms with E-state index in [2.05, 4.69) is 15.0 Å². The van der Waals surface area contributed by atoms with Gasteiger partial charge in [-0.05, 0) is 37.1 Å². The van der Waals surface area contributed by atoms with Crippen LogP contribution in [0.15, 0.2) is 41.1 Å². The lowest BCUT2D eigenvalue weighted by atomic mass is 10.2. The van der Waals surface area contributed by atoms with Crippen molar-refractivity contribution in [1.82, 2.24) is 10.3 Å². The molecule has 24 heavy (non-hydrogen) atoms. The molecular weight excluding hydrogens is 320 g/mol. The Bertz CT molecular complexity index is 662. The van der Waals surface area contributed by atoms with Crippen molar-refractivity contribution in [3.8, 4) is 5.75 Å². The molecule has 1 atom stereocenters. The van der Waals surface area contributed by atoms with Crippen LogP contribution in [0.1, 0.15) is 18.6 Å².